The third kappa shape index (κ3) is 9.92. The van der Waals surface area contributed by atoms with Crippen molar-refractivity contribution in [1.29, 1.82) is 0 Å². The number of unbranched alkanes of at least 4 members (excludes halogenated alkanes) is 2. The predicted molar refractivity (Wildman–Crippen MR) is 77.5 cm³/mol. The minimum absolute atomic E-state index is 0.253. The molecule has 0 saturated heterocycles. The third-order valence-electron chi connectivity index (χ3n) is 2.87. The third-order valence-corrected chi connectivity index (χ3v) is 2.87. The molecule has 0 aromatic heterocycles. The number of rotatable bonds is 13. The van der Waals surface area contributed by atoms with Gasteiger partial charge < -0.3 is 14.0 Å². The Morgan fingerprint density at radius 1 is 0.833 bits per heavy atom. The van der Waals surface area contributed by atoms with Crippen LogP contribution in [0.15, 0.2) is 0 Å². The van der Waals surface area contributed by atoms with Crippen molar-refractivity contribution in [1.82, 2.24) is 0 Å². The van der Waals surface area contributed by atoms with Gasteiger partial charge in [0.2, 0.25) is 0 Å². The van der Waals surface area contributed by atoms with E-state index in [0.29, 0.717) is 0 Å². The zero-order chi connectivity index (χ0) is 13.6. The van der Waals surface area contributed by atoms with Crippen molar-refractivity contribution in [2.24, 2.45) is 0 Å². The molecule has 0 saturated carbocycles. The Balaban J connectivity index is 3.99. The Kier molecular flexibility index (Phi) is 13.3. The second-order valence-electron chi connectivity index (χ2n) is 4.69. The summed E-state index contributed by atoms with van der Waals surface area (Å²) in [4.78, 5) is 0. The van der Waals surface area contributed by atoms with Crippen molar-refractivity contribution in [2.45, 2.75) is 78.7 Å². The minimum atomic E-state index is -0.473. The fourth-order valence-electron chi connectivity index (χ4n) is 1.62. The molecule has 0 aromatic rings. The normalized spacial score (nSPS) is 12.7. The van der Waals surface area contributed by atoms with Crippen molar-refractivity contribution in [3.05, 3.63) is 0 Å². The van der Waals surface area contributed by atoms with Gasteiger partial charge in [-0.05, 0) is 25.7 Å². The van der Waals surface area contributed by atoms with Gasteiger partial charge in [-0.15, -0.1) is 0 Å². The summed E-state index contributed by atoms with van der Waals surface area (Å²) in [7, 11) is -0.473. The van der Waals surface area contributed by atoms with Crippen molar-refractivity contribution in [3.63, 3.8) is 0 Å². The van der Waals surface area contributed by atoms with E-state index >= 15 is 0 Å². The lowest BCUT2D eigenvalue weighted by atomic mass is 10.1. The monoisotopic (exact) mass is 258 g/mol. The Hall–Kier alpha value is -0.0551. The smallest absolute Gasteiger partial charge is 0.386 e. The van der Waals surface area contributed by atoms with Crippen molar-refractivity contribution >= 4 is 7.32 Å². The van der Waals surface area contributed by atoms with E-state index in [0.717, 1.165) is 58.2 Å². The largest absolute Gasteiger partial charge is 0.639 e. The maximum absolute atomic E-state index is 5.89. The van der Waals surface area contributed by atoms with E-state index in [4.69, 9.17) is 14.0 Å². The molecule has 0 aliphatic carbocycles. The molecular weight excluding hydrogens is 227 g/mol. The van der Waals surface area contributed by atoms with Crippen LogP contribution in [-0.2, 0) is 14.0 Å². The van der Waals surface area contributed by atoms with Crippen LogP contribution in [0.2, 0.25) is 0 Å². The first-order valence-electron chi connectivity index (χ1n) is 7.67. The Labute approximate surface area is 114 Å². The lowest BCUT2D eigenvalue weighted by molar-refractivity contribution is 0.0503. The van der Waals surface area contributed by atoms with Gasteiger partial charge in [-0.25, -0.2) is 0 Å². The highest BCUT2D eigenvalue weighted by Gasteiger charge is 2.24. The summed E-state index contributed by atoms with van der Waals surface area (Å²) in [5.41, 5.74) is 0. The van der Waals surface area contributed by atoms with Gasteiger partial charge >= 0.3 is 7.32 Å². The fraction of sp³-hybridized carbons (Fsp3) is 1.00. The van der Waals surface area contributed by atoms with Crippen molar-refractivity contribution in [3.8, 4) is 0 Å². The SMILES string of the molecule is CCCCOB(OCCCC)OC(CC)CCC. The molecule has 0 heterocycles. The highest BCUT2D eigenvalue weighted by Crippen LogP contribution is 2.10. The molecule has 108 valence electrons. The van der Waals surface area contributed by atoms with E-state index in [-0.39, 0.29) is 6.10 Å². The summed E-state index contributed by atoms with van der Waals surface area (Å²) < 4.78 is 17.2. The summed E-state index contributed by atoms with van der Waals surface area (Å²) in [6.45, 7) is 10.1. The highest BCUT2D eigenvalue weighted by atomic mass is 16.7. The molecule has 1 atom stereocenters. The van der Waals surface area contributed by atoms with E-state index in [1.807, 2.05) is 0 Å². The van der Waals surface area contributed by atoms with Gasteiger partial charge in [-0.2, -0.15) is 0 Å². The molecule has 0 aliphatic heterocycles. The van der Waals surface area contributed by atoms with Crippen LogP contribution in [-0.4, -0.2) is 26.6 Å². The van der Waals surface area contributed by atoms with E-state index in [9.17, 15) is 0 Å². The van der Waals surface area contributed by atoms with Crippen LogP contribution in [0.5, 0.6) is 0 Å². The quantitative estimate of drug-likeness (QED) is 0.366. The second kappa shape index (κ2) is 13.4. The van der Waals surface area contributed by atoms with Crippen LogP contribution in [0.25, 0.3) is 0 Å². The van der Waals surface area contributed by atoms with Crippen LogP contribution in [0.3, 0.4) is 0 Å². The fourth-order valence-corrected chi connectivity index (χ4v) is 1.62. The van der Waals surface area contributed by atoms with E-state index < -0.39 is 7.32 Å². The lowest BCUT2D eigenvalue weighted by Gasteiger charge is -2.20. The molecule has 0 N–H and O–H groups in total. The van der Waals surface area contributed by atoms with Crippen LogP contribution in [0.1, 0.15) is 72.6 Å². The first kappa shape index (κ1) is 17.9. The summed E-state index contributed by atoms with van der Waals surface area (Å²) in [6, 6.07) is 0. The molecule has 0 amide bonds. The van der Waals surface area contributed by atoms with Crippen LogP contribution >= 0.6 is 0 Å². The van der Waals surface area contributed by atoms with E-state index in [2.05, 4.69) is 27.7 Å². The summed E-state index contributed by atoms with van der Waals surface area (Å²) >= 11 is 0. The van der Waals surface area contributed by atoms with Gasteiger partial charge in [0.05, 0.1) is 0 Å². The number of hydrogen-bond acceptors (Lipinski definition) is 3. The average Bonchev–Trinajstić information content (AvgIpc) is 2.38. The summed E-state index contributed by atoms with van der Waals surface area (Å²) in [6.07, 6.45) is 7.85. The first-order valence-corrected chi connectivity index (χ1v) is 7.67. The summed E-state index contributed by atoms with van der Waals surface area (Å²) in [5.74, 6) is 0. The van der Waals surface area contributed by atoms with Gasteiger partial charge in [0, 0.05) is 19.3 Å². The maximum atomic E-state index is 5.89. The molecule has 0 aliphatic rings. The first-order chi connectivity index (χ1) is 8.78. The Morgan fingerprint density at radius 3 is 1.78 bits per heavy atom. The average molecular weight is 258 g/mol. The minimum Gasteiger partial charge on any atom is -0.386 e. The lowest BCUT2D eigenvalue weighted by Crippen LogP contribution is -2.33. The zero-order valence-electron chi connectivity index (χ0n) is 12.7. The summed E-state index contributed by atoms with van der Waals surface area (Å²) in [5, 5.41) is 0. The molecule has 0 fully saturated rings. The van der Waals surface area contributed by atoms with Crippen molar-refractivity contribution < 1.29 is 14.0 Å². The predicted octanol–water partition coefficient (Wildman–Crippen LogP) is 4.20. The van der Waals surface area contributed by atoms with Crippen LogP contribution < -0.4 is 0 Å². The molecule has 0 spiro atoms. The molecule has 0 rings (SSSR count). The number of hydrogen-bond donors (Lipinski definition) is 0. The molecule has 3 nitrogen and oxygen atoms in total. The van der Waals surface area contributed by atoms with Gasteiger partial charge in [-0.3, -0.25) is 0 Å². The van der Waals surface area contributed by atoms with Gasteiger partial charge in [0.1, 0.15) is 0 Å². The molecule has 4 heteroatoms. The second-order valence-corrected chi connectivity index (χ2v) is 4.69. The van der Waals surface area contributed by atoms with Crippen molar-refractivity contribution in [2.75, 3.05) is 13.2 Å². The zero-order valence-corrected chi connectivity index (χ0v) is 12.7. The molecule has 1 unspecified atom stereocenters. The topological polar surface area (TPSA) is 27.7 Å². The van der Waals surface area contributed by atoms with Gasteiger partial charge in [0.15, 0.2) is 0 Å². The molecule has 0 aromatic carbocycles. The Morgan fingerprint density at radius 2 is 1.39 bits per heavy atom. The Bertz CT molecular complexity index is 157. The van der Waals surface area contributed by atoms with E-state index in [1.54, 1.807) is 0 Å². The van der Waals surface area contributed by atoms with Crippen LogP contribution in [0.4, 0.5) is 0 Å². The van der Waals surface area contributed by atoms with Crippen LogP contribution in [0, 0.1) is 0 Å². The molecular formula is C14H31BO3. The highest BCUT2D eigenvalue weighted by molar-refractivity contribution is 6.36. The van der Waals surface area contributed by atoms with Gasteiger partial charge in [0.25, 0.3) is 0 Å². The molecule has 0 radical (unpaired) electrons. The molecule has 0 bridgehead atoms. The van der Waals surface area contributed by atoms with E-state index in [1.165, 1.54) is 0 Å². The molecule has 18 heavy (non-hydrogen) atoms. The standard InChI is InChI=1S/C14H31BO3/c1-5-9-12-16-15(17-13-10-6-2)18-14(8-4)11-7-3/h14H,5-13H2,1-4H3. The maximum Gasteiger partial charge on any atom is 0.639 e. The van der Waals surface area contributed by atoms with Gasteiger partial charge in [-0.1, -0.05) is 47.0 Å².